The van der Waals surface area contributed by atoms with Gasteiger partial charge in [0.2, 0.25) is 5.91 Å². The molecule has 1 fully saturated rings. The van der Waals surface area contributed by atoms with Gasteiger partial charge in [-0.15, -0.1) is 0 Å². The first-order valence-corrected chi connectivity index (χ1v) is 7.75. The normalized spacial score (nSPS) is 18.0. The Labute approximate surface area is 135 Å². The van der Waals surface area contributed by atoms with Crippen LogP contribution in [0.1, 0.15) is 31.7 Å². The standard InChI is InChI=1S/C17H22FNO4/c1-13(16(21)23-12-14-5-3-2-4-6-14)19-15(20)11-17(18)7-9-22-10-8-17/h2-6,13H,7-12H2,1H3,(H,19,20)/t13-/m0/s1. The van der Waals surface area contributed by atoms with Crippen LogP contribution in [-0.2, 0) is 25.7 Å². The van der Waals surface area contributed by atoms with Crippen molar-refractivity contribution in [1.82, 2.24) is 5.32 Å². The first kappa shape index (κ1) is 17.4. The van der Waals surface area contributed by atoms with Crippen LogP contribution in [0.3, 0.4) is 0 Å². The average molecular weight is 323 g/mol. The third-order valence-electron chi connectivity index (χ3n) is 3.82. The van der Waals surface area contributed by atoms with E-state index in [2.05, 4.69) is 5.32 Å². The minimum Gasteiger partial charge on any atom is -0.459 e. The van der Waals surface area contributed by atoms with Crippen LogP contribution in [0.2, 0.25) is 0 Å². The van der Waals surface area contributed by atoms with Crippen molar-refractivity contribution < 1.29 is 23.5 Å². The fourth-order valence-electron chi connectivity index (χ4n) is 2.41. The van der Waals surface area contributed by atoms with Gasteiger partial charge in [0, 0.05) is 26.1 Å². The number of amides is 1. The highest BCUT2D eigenvalue weighted by molar-refractivity contribution is 5.84. The number of alkyl halides is 1. The minimum atomic E-state index is -1.55. The van der Waals surface area contributed by atoms with E-state index < -0.39 is 23.6 Å². The van der Waals surface area contributed by atoms with Crippen LogP contribution >= 0.6 is 0 Å². The molecular formula is C17H22FNO4. The van der Waals surface area contributed by atoms with Crippen molar-refractivity contribution in [2.45, 2.75) is 44.5 Å². The number of rotatable bonds is 6. The monoisotopic (exact) mass is 323 g/mol. The van der Waals surface area contributed by atoms with Gasteiger partial charge in [0.05, 0.1) is 6.42 Å². The number of nitrogens with one attached hydrogen (secondary N) is 1. The molecule has 0 aromatic heterocycles. The topological polar surface area (TPSA) is 64.6 Å². The van der Waals surface area contributed by atoms with Crippen LogP contribution in [0.25, 0.3) is 0 Å². The molecule has 1 aromatic carbocycles. The summed E-state index contributed by atoms with van der Waals surface area (Å²) in [6.45, 7) is 2.31. The Hall–Kier alpha value is -1.95. The number of esters is 1. The number of benzene rings is 1. The summed E-state index contributed by atoms with van der Waals surface area (Å²) in [6.07, 6.45) is 0.146. The predicted octanol–water partition coefficient (Wildman–Crippen LogP) is 2.14. The Morgan fingerprint density at radius 3 is 2.61 bits per heavy atom. The van der Waals surface area contributed by atoms with Crippen molar-refractivity contribution in [2.24, 2.45) is 0 Å². The number of carbonyl (C=O) groups excluding carboxylic acids is 2. The van der Waals surface area contributed by atoms with Crippen LogP contribution in [-0.4, -0.2) is 36.8 Å². The van der Waals surface area contributed by atoms with Gasteiger partial charge in [-0.25, -0.2) is 9.18 Å². The Bertz CT molecular complexity index is 529. The van der Waals surface area contributed by atoms with Crippen molar-refractivity contribution in [3.8, 4) is 0 Å². The van der Waals surface area contributed by atoms with Gasteiger partial charge in [-0.2, -0.15) is 0 Å². The van der Waals surface area contributed by atoms with Gasteiger partial charge >= 0.3 is 5.97 Å². The smallest absolute Gasteiger partial charge is 0.328 e. The van der Waals surface area contributed by atoms with Crippen LogP contribution in [0.5, 0.6) is 0 Å². The fraction of sp³-hybridized carbons (Fsp3) is 0.529. The van der Waals surface area contributed by atoms with E-state index in [9.17, 15) is 14.0 Å². The molecule has 23 heavy (non-hydrogen) atoms. The molecule has 5 nitrogen and oxygen atoms in total. The lowest BCUT2D eigenvalue weighted by Crippen LogP contribution is -2.43. The van der Waals surface area contributed by atoms with Gasteiger partial charge in [0.1, 0.15) is 18.3 Å². The molecule has 0 radical (unpaired) electrons. The molecule has 0 bridgehead atoms. The number of halogens is 1. The summed E-state index contributed by atoms with van der Waals surface area (Å²) in [6, 6.07) is 8.45. The highest BCUT2D eigenvalue weighted by atomic mass is 19.1. The molecule has 2 rings (SSSR count). The van der Waals surface area contributed by atoms with Crippen LogP contribution in [0.4, 0.5) is 4.39 Å². The van der Waals surface area contributed by atoms with E-state index in [-0.39, 0.29) is 25.9 Å². The zero-order chi connectivity index (χ0) is 16.7. The van der Waals surface area contributed by atoms with Gasteiger partial charge in [-0.3, -0.25) is 4.79 Å². The third kappa shape index (κ3) is 5.63. The summed E-state index contributed by atoms with van der Waals surface area (Å²) in [7, 11) is 0. The predicted molar refractivity (Wildman–Crippen MR) is 82.4 cm³/mol. The molecule has 0 unspecified atom stereocenters. The maximum Gasteiger partial charge on any atom is 0.328 e. The second-order valence-electron chi connectivity index (χ2n) is 5.82. The van der Waals surface area contributed by atoms with Gasteiger partial charge in [0.25, 0.3) is 0 Å². The molecule has 126 valence electrons. The van der Waals surface area contributed by atoms with E-state index in [1.165, 1.54) is 6.92 Å². The third-order valence-corrected chi connectivity index (χ3v) is 3.82. The molecule has 6 heteroatoms. The molecule has 1 saturated heterocycles. The second kappa shape index (κ2) is 8.06. The van der Waals surface area contributed by atoms with Crippen molar-refractivity contribution >= 4 is 11.9 Å². The highest BCUT2D eigenvalue weighted by Gasteiger charge is 2.35. The highest BCUT2D eigenvalue weighted by Crippen LogP contribution is 2.28. The zero-order valence-corrected chi connectivity index (χ0v) is 13.2. The Kier molecular flexibility index (Phi) is 6.10. The summed E-state index contributed by atoms with van der Waals surface area (Å²) in [5.74, 6) is -1.03. The summed E-state index contributed by atoms with van der Waals surface area (Å²) in [4.78, 5) is 23.8. The van der Waals surface area contributed by atoms with Crippen molar-refractivity contribution in [1.29, 1.82) is 0 Å². The summed E-state index contributed by atoms with van der Waals surface area (Å²) in [5.41, 5.74) is -0.681. The number of carbonyl (C=O) groups is 2. The van der Waals surface area contributed by atoms with Gasteiger partial charge in [-0.05, 0) is 12.5 Å². The number of hydrogen-bond donors (Lipinski definition) is 1. The Balaban J connectivity index is 1.75. The largest absolute Gasteiger partial charge is 0.459 e. The molecule has 0 spiro atoms. The van der Waals surface area contributed by atoms with Crippen LogP contribution in [0.15, 0.2) is 30.3 Å². The first-order chi connectivity index (χ1) is 11.0. The van der Waals surface area contributed by atoms with Gasteiger partial charge in [-0.1, -0.05) is 30.3 Å². The quantitative estimate of drug-likeness (QED) is 0.815. The van der Waals surface area contributed by atoms with E-state index in [0.29, 0.717) is 13.2 Å². The minimum absolute atomic E-state index is 0.143. The van der Waals surface area contributed by atoms with Gasteiger partial charge < -0.3 is 14.8 Å². The number of ether oxygens (including phenoxy) is 2. The molecule has 1 atom stereocenters. The summed E-state index contributed by atoms with van der Waals surface area (Å²) in [5, 5.41) is 2.49. The molecule has 1 N–H and O–H groups in total. The fourth-order valence-corrected chi connectivity index (χ4v) is 2.41. The Morgan fingerprint density at radius 2 is 1.96 bits per heavy atom. The SMILES string of the molecule is C[C@H](NC(=O)CC1(F)CCOCC1)C(=O)OCc1ccccc1. The zero-order valence-electron chi connectivity index (χ0n) is 13.2. The van der Waals surface area contributed by atoms with Crippen LogP contribution in [0, 0.1) is 0 Å². The lowest BCUT2D eigenvalue weighted by molar-refractivity contribution is -0.149. The van der Waals surface area contributed by atoms with E-state index in [1.807, 2.05) is 30.3 Å². The molecular weight excluding hydrogens is 301 g/mol. The number of hydrogen-bond acceptors (Lipinski definition) is 4. The van der Waals surface area contributed by atoms with Crippen molar-refractivity contribution in [3.63, 3.8) is 0 Å². The maximum absolute atomic E-state index is 14.4. The van der Waals surface area contributed by atoms with Crippen LogP contribution < -0.4 is 5.32 Å². The first-order valence-electron chi connectivity index (χ1n) is 7.75. The molecule has 1 aromatic rings. The molecule has 0 saturated carbocycles. The molecule has 0 aliphatic carbocycles. The van der Waals surface area contributed by atoms with E-state index in [0.717, 1.165) is 5.56 Å². The molecule has 1 heterocycles. The molecule has 1 aliphatic rings. The molecule has 1 aliphatic heterocycles. The van der Waals surface area contributed by atoms with E-state index in [4.69, 9.17) is 9.47 Å². The second-order valence-corrected chi connectivity index (χ2v) is 5.82. The average Bonchev–Trinajstić information content (AvgIpc) is 2.53. The Morgan fingerprint density at radius 1 is 1.30 bits per heavy atom. The van der Waals surface area contributed by atoms with E-state index in [1.54, 1.807) is 0 Å². The van der Waals surface area contributed by atoms with Gasteiger partial charge in [0.15, 0.2) is 0 Å². The van der Waals surface area contributed by atoms with E-state index >= 15 is 0 Å². The lowest BCUT2D eigenvalue weighted by atomic mass is 9.92. The summed E-state index contributed by atoms with van der Waals surface area (Å²) >= 11 is 0. The lowest BCUT2D eigenvalue weighted by Gasteiger charge is -2.29. The van der Waals surface area contributed by atoms with Crippen molar-refractivity contribution in [3.05, 3.63) is 35.9 Å². The maximum atomic E-state index is 14.4. The summed E-state index contributed by atoms with van der Waals surface area (Å²) < 4.78 is 24.6. The molecule has 1 amide bonds. The van der Waals surface area contributed by atoms with Crippen molar-refractivity contribution in [2.75, 3.05) is 13.2 Å².